The Morgan fingerprint density at radius 3 is 2.79 bits per heavy atom. The number of benzene rings is 1. The number of nitrogens with zero attached hydrogens (tertiary/aromatic N) is 4. The quantitative estimate of drug-likeness (QED) is 0.578. The van der Waals surface area contributed by atoms with Crippen molar-refractivity contribution in [2.24, 2.45) is 0 Å². The first-order chi connectivity index (χ1) is 14.2. The molecule has 0 radical (unpaired) electrons. The maximum Gasteiger partial charge on any atom is 0.273 e. The van der Waals surface area contributed by atoms with Crippen LogP contribution in [-0.2, 0) is 17.9 Å². The number of hydrogen-bond acceptors (Lipinski definition) is 6. The highest BCUT2D eigenvalue weighted by atomic mass is 32.1. The molecule has 2 aromatic heterocycles. The Kier molecular flexibility index (Phi) is 5.63. The molecule has 1 saturated heterocycles. The van der Waals surface area contributed by atoms with Gasteiger partial charge in [0.15, 0.2) is 0 Å². The van der Waals surface area contributed by atoms with Crippen LogP contribution in [0.2, 0.25) is 0 Å². The van der Waals surface area contributed by atoms with Gasteiger partial charge < -0.3 is 9.64 Å². The van der Waals surface area contributed by atoms with E-state index in [4.69, 9.17) is 9.72 Å². The number of aromatic nitrogens is 2. The smallest absolute Gasteiger partial charge is 0.273 e. The summed E-state index contributed by atoms with van der Waals surface area (Å²) in [6, 6.07) is 9.63. The second-order valence-corrected chi connectivity index (χ2v) is 7.92. The molecular weight excluding hydrogens is 384 g/mol. The molecule has 0 saturated carbocycles. The van der Waals surface area contributed by atoms with Gasteiger partial charge in [-0.2, -0.15) is 5.26 Å². The molecule has 0 spiro atoms. The van der Waals surface area contributed by atoms with E-state index in [0.717, 1.165) is 37.1 Å². The van der Waals surface area contributed by atoms with Gasteiger partial charge in [0.1, 0.15) is 11.3 Å². The minimum Gasteiger partial charge on any atom is -0.497 e. The van der Waals surface area contributed by atoms with E-state index < -0.39 is 0 Å². The number of nitriles is 1. The molecule has 4 rings (SSSR count). The summed E-state index contributed by atoms with van der Waals surface area (Å²) in [5.74, 6) is 0.674. The van der Waals surface area contributed by atoms with Crippen LogP contribution in [0.15, 0.2) is 47.3 Å². The number of thiophene rings is 1. The molecule has 7 heteroatoms. The molecule has 1 aromatic carbocycles. The molecule has 3 aromatic rings. The Labute approximate surface area is 173 Å². The molecular formula is C22H22N4O2S. The lowest BCUT2D eigenvalue weighted by atomic mass is 10.1. The van der Waals surface area contributed by atoms with Gasteiger partial charge in [-0.1, -0.05) is 24.8 Å². The number of fused-ring (bicyclic) bond motifs is 1. The summed E-state index contributed by atoms with van der Waals surface area (Å²) in [4.78, 5) is 20.6. The van der Waals surface area contributed by atoms with Crippen LogP contribution in [0, 0.1) is 11.3 Å². The van der Waals surface area contributed by atoms with E-state index in [1.54, 1.807) is 10.6 Å². The number of hydrogen-bond donors (Lipinski definition) is 0. The van der Waals surface area contributed by atoms with Gasteiger partial charge in [0.2, 0.25) is 5.95 Å². The third kappa shape index (κ3) is 3.76. The zero-order valence-electron chi connectivity index (χ0n) is 16.1. The van der Waals surface area contributed by atoms with Gasteiger partial charge in [-0.15, -0.1) is 11.3 Å². The predicted molar refractivity (Wildman–Crippen MR) is 115 cm³/mol. The topological polar surface area (TPSA) is 71.2 Å². The van der Waals surface area contributed by atoms with Gasteiger partial charge in [-0.05, 0) is 30.9 Å². The fourth-order valence-corrected chi connectivity index (χ4v) is 4.64. The average Bonchev–Trinajstić information content (AvgIpc) is 3.18. The highest BCUT2D eigenvalue weighted by Gasteiger charge is 2.22. The van der Waals surface area contributed by atoms with Crippen LogP contribution in [0.4, 0.5) is 5.95 Å². The summed E-state index contributed by atoms with van der Waals surface area (Å²) in [6.45, 7) is 6.01. The van der Waals surface area contributed by atoms with Crippen molar-refractivity contribution in [3.05, 3.63) is 69.5 Å². The average molecular weight is 407 g/mol. The standard InChI is InChI=1S/C22H22N4O2S/c1-2-28-14-18-15-29-20-19(18)24-22(25-10-6-3-7-11-25)26(21(20)27)13-17-9-5-4-8-16(17)12-23/h2,4-5,8-9,15H,1,3,6-7,10-11,13-14H2. The van der Waals surface area contributed by atoms with Gasteiger partial charge in [-0.25, -0.2) is 4.98 Å². The summed E-state index contributed by atoms with van der Waals surface area (Å²) < 4.78 is 7.67. The summed E-state index contributed by atoms with van der Waals surface area (Å²) in [7, 11) is 0. The molecule has 0 amide bonds. The zero-order valence-corrected chi connectivity index (χ0v) is 17.0. The Bertz CT molecular complexity index is 1140. The van der Waals surface area contributed by atoms with Crippen LogP contribution in [-0.4, -0.2) is 22.6 Å². The van der Waals surface area contributed by atoms with Crippen LogP contribution in [0.3, 0.4) is 0 Å². The third-order valence-electron chi connectivity index (χ3n) is 5.19. The summed E-state index contributed by atoms with van der Waals surface area (Å²) in [5.41, 5.74) is 2.92. The predicted octanol–water partition coefficient (Wildman–Crippen LogP) is 4.03. The van der Waals surface area contributed by atoms with E-state index in [0.29, 0.717) is 34.9 Å². The number of piperidine rings is 1. The van der Waals surface area contributed by atoms with Gasteiger partial charge in [0.05, 0.1) is 30.0 Å². The Hall–Kier alpha value is -3.11. The molecule has 6 nitrogen and oxygen atoms in total. The van der Waals surface area contributed by atoms with Crippen molar-refractivity contribution in [2.45, 2.75) is 32.4 Å². The summed E-state index contributed by atoms with van der Waals surface area (Å²) in [5, 5.41) is 11.4. The number of anilines is 1. The van der Waals surface area contributed by atoms with Crippen LogP contribution in [0.1, 0.15) is 36.0 Å². The lowest BCUT2D eigenvalue weighted by molar-refractivity contribution is 0.239. The highest BCUT2D eigenvalue weighted by Crippen LogP contribution is 2.27. The molecule has 0 aliphatic carbocycles. The van der Waals surface area contributed by atoms with E-state index in [1.807, 2.05) is 23.6 Å². The first kappa shape index (κ1) is 19.2. The normalized spacial score (nSPS) is 14.0. The van der Waals surface area contributed by atoms with Crippen LogP contribution < -0.4 is 10.5 Å². The molecule has 0 bridgehead atoms. The zero-order chi connectivity index (χ0) is 20.2. The van der Waals surface area contributed by atoms with Crippen LogP contribution >= 0.6 is 11.3 Å². The molecule has 148 valence electrons. The largest absolute Gasteiger partial charge is 0.497 e. The SMILES string of the molecule is C=COCc1csc2c(=O)n(Cc3ccccc3C#N)c(N3CCCCC3)nc12. The van der Waals surface area contributed by atoms with Crippen LogP contribution in [0.25, 0.3) is 10.2 Å². The van der Waals surface area contributed by atoms with Crippen molar-refractivity contribution >= 4 is 27.5 Å². The Morgan fingerprint density at radius 2 is 2.03 bits per heavy atom. The minimum atomic E-state index is -0.0711. The lowest BCUT2D eigenvalue weighted by Gasteiger charge is -2.29. The third-order valence-corrected chi connectivity index (χ3v) is 6.20. The van der Waals surface area contributed by atoms with Gasteiger partial charge in [0.25, 0.3) is 5.56 Å². The van der Waals surface area contributed by atoms with Crippen molar-refractivity contribution in [3.8, 4) is 6.07 Å². The van der Waals surface area contributed by atoms with Crippen LogP contribution in [0.5, 0.6) is 0 Å². The second kappa shape index (κ2) is 8.50. The molecule has 3 heterocycles. The van der Waals surface area contributed by atoms with E-state index >= 15 is 0 Å². The fourth-order valence-electron chi connectivity index (χ4n) is 3.70. The second-order valence-electron chi connectivity index (χ2n) is 7.04. The lowest BCUT2D eigenvalue weighted by Crippen LogP contribution is -2.36. The maximum absolute atomic E-state index is 13.4. The first-order valence-corrected chi connectivity index (χ1v) is 10.6. The number of ether oxygens (including phenoxy) is 1. The van der Waals surface area contributed by atoms with Crippen molar-refractivity contribution in [2.75, 3.05) is 18.0 Å². The summed E-state index contributed by atoms with van der Waals surface area (Å²) >= 11 is 1.39. The molecule has 0 atom stereocenters. The molecule has 1 aliphatic rings. The van der Waals surface area contributed by atoms with Gasteiger partial charge in [-0.3, -0.25) is 9.36 Å². The first-order valence-electron chi connectivity index (χ1n) is 9.69. The van der Waals surface area contributed by atoms with Crippen molar-refractivity contribution in [3.63, 3.8) is 0 Å². The molecule has 0 unspecified atom stereocenters. The minimum absolute atomic E-state index is 0.0711. The highest BCUT2D eigenvalue weighted by molar-refractivity contribution is 7.17. The number of rotatable bonds is 6. The Morgan fingerprint density at radius 1 is 1.24 bits per heavy atom. The van der Waals surface area contributed by atoms with E-state index in [1.165, 1.54) is 24.0 Å². The van der Waals surface area contributed by atoms with E-state index in [2.05, 4.69) is 17.5 Å². The van der Waals surface area contributed by atoms with Crippen molar-refractivity contribution < 1.29 is 4.74 Å². The van der Waals surface area contributed by atoms with E-state index in [9.17, 15) is 10.1 Å². The van der Waals surface area contributed by atoms with Crippen molar-refractivity contribution in [1.82, 2.24) is 9.55 Å². The van der Waals surface area contributed by atoms with Gasteiger partial charge in [0, 0.05) is 24.0 Å². The molecule has 1 aliphatic heterocycles. The molecule has 1 fully saturated rings. The summed E-state index contributed by atoms with van der Waals surface area (Å²) in [6.07, 6.45) is 4.75. The Balaban J connectivity index is 1.87. The van der Waals surface area contributed by atoms with E-state index in [-0.39, 0.29) is 5.56 Å². The molecule has 0 N–H and O–H groups in total. The monoisotopic (exact) mass is 406 g/mol. The molecule has 29 heavy (non-hydrogen) atoms. The van der Waals surface area contributed by atoms with Crippen molar-refractivity contribution in [1.29, 1.82) is 5.26 Å². The van der Waals surface area contributed by atoms with Gasteiger partial charge >= 0.3 is 0 Å². The fraction of sp³-hybridized carbons (Fsp3) is 0.318. The maximum atomic E-state index is 13.4.